The minimum atomic E-state index is 0.666. The fourth-order valence-corrected chi connectivity index (χ4v) is 2.90. The summed E-state index contributed by atoms with van der Waals surface area (Å²) in [6.45, 7) is 2.87. The van der Waals surface area contributed by atoms with Crippen LogP contribution in [0.5, 0.6) is 5.75 Å². The van der Waals surface area contributed by atoms with Crippen molar-refractivity contribution in [1.82, 2.24) is 5.32 Å². The van der Waals surface area contributed by atoms with Gasteiger partial charge in [0.2, 0.25) is 0 Å². The predicted octanol–water partition coefficient (Wildman–Crippen LogP) is 3.69. The molecule has 2 nitrogen and oxygen atoms in total. The van der Waals surface area contributed by atoms with Gasteiger partial charge in [0.15, 0.2) is 0 Å². The van der Waals surface area contributed by atoms with Gasteiger partial charge in [0.25, 0.3) is 0 Å². The van der Waals surface area contributed by atoms with Crippen LogP contribution in [-0.2, 0) is 6.54 Å². The van der Waals surface area contributed by atoms with E-state index < -0.39 is 0 Å². The van der Waals surface area contributed by atoms with E-state index in [0.717, 1.165) is 28.4 Å². The lowest BCUT2D eigenvalue weighted by molar-refractivity contribution is 0.402. The molecule has 0 bridgehead atoms. The second-order valence-corrected chi connectivity index (χ2v) is 5.21. The molecule has 0 radical (unpaired) electrons. The van der Waals surface area contributed by atoms with Crippen molar-refractivity contribution >= 4 is 11.6 Å². The van der Waals surface area contributed by atoms with E-state index in [1.807, 2.05) is 19.1 Å². The zero-order chi connectivity index (χ0) is 12.3. The van der Waals surface area contributed by atoms with Crippen LogP contribution in [0.4, 0.5) is 0 Å². The zero-order valence-electron chi connectivity index (χ0n) is 10.6. The number of hydrogen-bond acceptors (Lipinski definition) is 2. The van der Waals surface area contributed by atoms with Gasteiger partial charge < -0.3 is 10.1 Å². The Morgan fingerprint density at radius 1 is 1.35 bits per heavy atom. The van der Waals surface area contributed by atoms with Gasteiger partial charge in [0.1, 0.15) is 5.75 Å². The zero-order valence-corrected chi connectivity index (χ0v) is 11.3. The van der Waals surface area contributed by atoms with Gasteiger partial charge in [-0.05, 0) is 37.5 Å². The average Bonchev–Trinajstić information content (AvgIpc) is 2.78. The van der Waals surface area contributed by atoms with Crippen molar-refractivity contribution in [3.63, 3.8) is 0 Å². The average molecular weight is 254 g/mol. The molecular weight excluding hydrogens is 234 g/mol. The third-order valence-corrected chi connectivity index (χ3v) is 3.68. The van der Waals surface area contributed by atoms with Crippen LogP contribution in [0.15, 0.2) is 12.1 Å². The van der Waals surface area contributed by atoms with Crippen molar-refractivity contribution in [1.29, 1.82) is 0 Å². The maximum Gasteiger partial charge on any atom is 0.126 e. The molecule has 0 heterocycles. The third-order valence-electron chi connectivity index (χ3n) is 3.46. The van der Waals surface area contributed by atoms with Crippen LogP contribution in [0.1, 0.15) is 36.8 Å². The Kier molecular flexibility index (Phi) is 4.30. The highest BCUT2D eigenvalue weighted by atomic mass is 35.5. The monoisotopic (exact) mass is 253 g/mol. The second-order valence-electron chi connectivity index (χ2n) is 4.78. The van der Waals surface area contributed by atoms with Crippen molar-refractivity contribution in [3.8, 4) is 5.75 Å². The highest BCUT2D eigenvalue weighted by Crippen LogP contribution is 2.28. The first-order valence-corrected chi connectivity index (χ1v) is 6.65. The Bertz CT molecular complexity index is 386. The minimum Gasteiger partial charge on any atom is -0.496 e. The molecule has 0 spiro atoms. The second kappa shape index (κ2) is 5.74. The molecule has 17 heavy (non-hydrogen) atoms. The molecular formula is C14H20ClNO. The quantitative estimate of drug-likeness (QED) is 0.884. The largest absolute Gasteiger partial charge is 0.496 e. The van der Waals surface area contributed by atoms with Crippen LogP contribution in [0.25, 0.3) is 0 Å². The number of benzene rings is 1. The van der Waals surface area contributed by atoms with E-state index in [-0.39, 0.29) is 0 Å². The number of ether oxygens (including phenoxy) is 1. The number of aryl methyl sites for hydroxylation is 1. The summed E-state index contributed by atoms with van der Waals surface area (Å²) >= 11 is 6.09. The molecule has 1 aliphatic rings. The lowest BCUT2D eigenvalue weighted by Crippen LogP contribution is -2.25. The highest BCUT2D eigenvalue weighted by molar-refractivity contribution is 6.30. The van der Waals surface area contributed by atoms with Crippen LogP contribution >= 0.6 is 11.6 Å². The first kappa shape index (κ1) is 12.7. The van der Waals surface area contributed by atoms with E-state index in [9.17, 15) is 0 Å². The van der Waals surface area contributed by atoms with Gasteiger partial charge >= 0.3 is 0 Å². The van der Waals surface area contributed by atoms with E-state index >= 15 is 0 Å². The van der Waals surface area contributed by atoms with Gasteiger partial charge in [-0.25, -0.2) is 0 Å². The summed E-state index contributed by atoms with van der Waals surface area (Å²) in [5, 5.41) is 4.37. The molecule has 0 aromatic heterocycles. The molecule has 1 N–H and O–H groups in total. The van der Waals surface area contributed by atoms with Gasteiger partial charge in [-0.3, -0.25) is 0 Å². The molecule has 0 aliphatic heterocycles. The molecule has 0 atom stereocenters. The number of halogens is 1. The van der Waals surface area contributed by atoms with Crippen molar-refractivity contribution in [2.45, 2.75) is 45.2 Å². The number of nitrogens with one attached hydrogen (secondary N) is 1. The molecule has 3 heteroatoms. The molecule has 0 amide bonds. The summed E-state index contributed by atoms with van der Waals surface area (Å²) in [6, 6.07) is 4.61. The van der Waals surface area contributed by atoms with Crippen LogP contribution in [0.3, 0.4) is 0 Å². The lowest BCUT2D eigenvalue weighted by atomic mass is 10.1. The van der Waals surface area contributed by atoms with Gasteiger partial charge in [0.05, 0.1) is 7.11 Å². The summed E-state index contributed by atoms with van der Waals surface area (Å²) in [5.41, 5.74) is 2.26. The molecule has 1 fully saturated rings. The Morgan fingerprint density at radius 3 is 2.71 bits per heavy atom. The Hall–Kier alpha value is -0.730. The van der Waals surface area contributed by atoms with Crippen LogP contribution in [-0.4, -0.2) is 13.2 Å². The maximum absolute atomic E-state index is 6.09. The van der Waals surface area contributed by atoms with Crippen molar-refractivity contribution in [2.75, 3.05) is 7.11 Å². The topological polar surface area (TPSA) is 21.3 Å². The molecule has 0 saturated heterocycles. The standard InChI is InChI=1S/C14H20ClNO/c1-10-7-12(15)8-11(14(10)17-2)9-16-13-5-3-4-6-13/h7-8,13,16H,3-6,9H2,1-2H3. The highest BCUT2D eigenvalue weighted by Gasteiger charge is 2.15. The maximum atomic E-state index is 6.09. The molecule has 1 aliphatic carbocycles. The minimum absolute atomic E-state index is 0.666. The molecule has 94 valence electrons. The van der Waals surface area contributed by atoms with Crippen LogP contribution < -0.4 is 10.1 Å². The van der Waals surface area contributed by atoms with Crippen molar-refractivity contribution in [2.24, 2.45) is 0 Å². The van der Waals surface area contributed by atoms with Gasteiger partial charge in [-0.15, -0.1) is 0 Å². The SMILES string of the molecule is COc1c(C)cc(Cl)cc1CNC1CCCC1. The van der Waals surface area contributed by atoms with Crippen molar-refractivity contribution in [3.05, 3.63) is 28.3 Å². The molecule has 1 aromatic rings. The molecule has 1 saturated carbocycles. The molecule has 2 rings (SSSR count). The summed E-state index contributed by atoms with van der Waals surface area (Å²) in [7, 11) is 1.72. The predicted molar refractivity (Wildman–Crippen MR) is 71.8 cm³/mol. The first-order chi connectivity index (χ1) is 8.20. The molecule has 0 unspecified atom stereocenters. The van der Waals surface area contributed by atoms with Gasteiger partial charge in [0, 0.05) is 23.2 Å². The van der Waals surface area contributed by atoms with E-state index in [4.69, 9.17) is 16.3 Å². The summed E-state index contributed by atoms with van der Waals surface area (Å²) in [5.74, 6) is 0.958. The Morgan fingerprint density at radius 2 is 2.06 bits per heavy atom. The molecule has 1 aromatic carbocycles. The lowest BCUT2D eigenvalue weighted by Gasteiger charge is -2.16. The fraction of sp³-hybridized carbons (Fsp3) is 0.571. The Balaban J connectivity index is 2.07. The number of rotatable bonds is 4. The summed E-state index contributed by atoms with van der Waals surface area (Å²) in [6.07, 6.45) is 5.29. The fourth-order valence-electron chi connectivity index (χ4n) is 2.61. The summed E-state index contributed by atoms with van der Waals surface area (Å²) in [4.78, 5) is 0. The third kappa shape index (κ3) is 3.14. The Labute approximate surface area is 108 Å². The number of methoxy groups -OCH3 is 1. The number of hydrogen-bond donors (Lipinski definition) is 1. The van der Waals surface area contributed by atoms with Gasteiger partial charge in [-0.2, -0.15) is 0 Å². The first-order valence-electron chi connectivity index (χ1n) is 6.27. The van der Waals surface area contributed by atoms with Crippen molar-refractivity contribution < 1.29 is 4.74 Å². The van der Waals surface area contributed by atoms with E-state index in [2.05, 4.69) is 5.32 Å². The van der Waals surface area contributed by atoms with Crippen LogP contribution in [0.2, 0.25) is 5.02 Å². The smallest absolute Gasteiger partial charge is 0.126 e. The van der Waals surface area contributed by atoms with E-state index in [0.29, 0.717) is 6.04 Å². The van der Waals surface area contributed by atoms with E-state index in [1.165, 1.54) is 25.7 Å². The normalized spacial score (nSPS) is 16.4. The summed E-state index contributed by atoms with van der Waals surface area (Å²) < 4.78 is 5.45. The van der Waals surface area contributed by atoms with Gasteiger partial charge in [-0.1, -0.05) is 24.4 Å². The van der Waals surface area contributed by atoms with Crippen LogP contribution in [0, 0.1) is 6.92 Å². The van der Waals surface area contributed by atoms with E-state index in [1.54, 1.807) is 7.11 Å².